The van der Waals surface area contributed by atoms with E-state index in [1.54, 1.807) is 19.3 Å². The summed E-state index contributed by atoms with van der Waals surface area (Å²) in [6.45, 7) is 0.564. The Bertz CT molecular complexity index is 1150. The maximum Gasteiger partial charge on any atom is 0.416 e. The van der Waals surface area contributed by atoms with Crippen molar-refractivity contribution in [2.45, 2.75) is 12.7 Å². The van der Waals surface area contributed by atoms with Gasteiger partial charge in [-0.15, -0.1) is 0 Å². The van der Waals surface area contributed by atoms with Crippen LogP contribution in [-0.2, 0) is 12.7 Å². The molecular weight excluding hydrogens is 445 g/mol. The van der Waals surface area contributed by atoms with E-state index in [9.17, 15) is 22.8 Å². The predicted octanol–water partition coefficient (Wildman–Crippen LogP) is 4.98. The van der Waals surface area contributed by atoms with Crippen LogP contribution in [0.4, 0.5) is 24.5 Å². The van der Waals surface area contributed by atoms with Crippen LogP contribution >= 0.6 is 11.6 Å². The first-order valence-corrected chi connectivity index (χ1v) is 9.73. The molecule has 6 nitrogen and oxygen atoms in total. The number of anilines is 2. The Morgan fingerprint density at radius 2 is 1.72 bits per heavy atom. The minimum absolute atomic E-state index is 0.0764. The van der Waals surface area contributed by atoms with Gasteiger partial charge in [0.05, 0.1) is 28.0 Å². The molecule has 1 aromatic heterocycles. The van der Waals surface area contributed by atoms with E-state index >= 15 is 0 Å². The Kier molecular flexibility index (Phi) is 7.12. The number of pyridine rings is 1. The molecule has 3 N–H and O–H groups in total. The van der Waals surface area contributed by atoms with Crippen molar-refractivity contribution in [3.63, 3.8) is 0 Å². The quantitative estimate of drug-likeness (QED) is 0.482. The van der Waals surface area contributed by atoms with Gasteiger partial charge >= 0.3 is 6.18 Å². The Hall–Kier alpha value is -3.43. The van der Waals surface area contributed by atoms with Gasteiger partial charge in [0.1, 0.15) is 0 Å². The molecule has 1 heterocycles. The Labute approximate surface area is 186 Å². The first-order chi connectivity index (χ1) is 15.2. The van der Waals surface area contributed by atoms with Crippen LogP contribution in [0.25, 0.3) is 0 Å². The van der Waals surface area contributed by atoms with Gasteiger partial charge < -0.3 is 16.0 Å². The van der Waals surface area contributed by atoms with E-state index in [1.165, 1.54) is 30.5 Å². The fourth-order valence-electron chi connectivity index (χ4n) is 2.87. The molecule has 0 aliphatic heterocycles. The minimum Gasteiger partial charge on any atom is -0.322 e. The SMILES string of the molecule is CNCc1cncc(NC(=O)c2cc(NC(=O)c3cccc(C(F)(F)F)c3)ccc2Cl)c1. The first kappa shape index (κ1) is 23.2. The third-order valence-corrected chi connectivity index (χ3v) is 4.68. The molecule has 3 aromatic rings. The zero-order valence-corrected chi connectivity index (χ0v) is 17.5. The highest BCUT2D eigenvalue weighted by Gasteiger charge is 2.30. The second-order valence-electron chi connectivity index (χ2n) is 6.79. The molecule has 0 saturated carbocycles. The topological polar surface area (TPSA) is 83.1 Å². The molecule has 10 heteroatoms. The van der Waals surface area contributed by atoms with Gasteiger partial charge in [0.15, 0.2) is 0 Å². The van der Waals surface area contributed by atoms with Crippen LogP contribution in [0, 0.1) is 0 Å². The number of nitrogens with one attached hydrogen (secondary N) is 3. The molecule has 0 atom stereocenters. The van der Waals surface area contributed by atoms with E-state index in [0.29, 0.717) is 12.2 Å². The van der Waals surface area contributed by atoms with E-state index in [-0.39, 0.29) is 21.8 Å². The number of hydrogen-bond acceptors (Lipinski definition) is 4. The number of alkyl halides is 3. The van der Waals surface area contributed by atoms with E-state index in [1.807, 2.05) is 0 Å². The second-order valence-corrected chi connectivity index (χ2v) is 7.20. The van der Waals surface area contributed by atoms with Gasteiger partial charge in [-0.3, -0.25) is 14.6 Å². The van der Waals surface area contributed by atoms with Gasteiger partial charge in [-0.1, -0.05) is 17.7 Å². The molecule has 3 rings (SSSR count). The zero-order valence-electron chi connectivity index (χ0n) is 16.8. The van der Waals surface area contributed by atoms with Crippen LogP contribution in [0.5, 0.6) is 0 Å². The molecule has 166 valence electrons. The summed E-state index contributed by atoms with van der Waals surface area (Å²) in [6.07, 6.45) is -1.44. The number of rotatable bonds is 6. The van der Waals surface area contributed by atoms with Gasteiger partial charge in [-0.05, 0) is 55.1 Å². The van der Waals surface area contributed by atoms with Crippen molar-refractivity contribution in [1.29, 1.82) is 0 Å². The van der Waals surface area contributed by atoms with Crippen molar-refractivity contribution < 1.29 is 22.8 Å². The van der Waals surface area contributed by atoms with Crippen molar-refractivity contribution >= 4 is 34.8 Å². The number of amides is 2. The van der Waals surface area contributed by atoms with Gasteiger partial charge in [-0.25, -0.2) is 0 Å². The molecule has 0 bridgehead atoms. The normalized spacial score (nSPS) is 11.2. The number of aromatic nitrogens is 1. The first-order valence-electron chi connectivity index (χ1n) is 9.35. The Morgan fingerprint density at radius 3 is 2.44 bits per heavy atom. The monoisotopic (exact) mass is 462 g/mol. The predicted molar refractivity (Wildman–Crippen MR) is 116 cm³/mol. The fraction of sp³-hybridized carbons (Fsp3) is 0.136. The van der Waals surface area contributed by atoms with Crippen LogP contribution in [0.2, 0.25) is 5.02 Å². The molecule has 0 spiro atoms. The third kappa shape index (κ3) is 5.83. The average molecular weight is 463 g/mol. The highest BCUT2D eigenvalue weighted by molar-refractivity contribution is 6.34. The lowest BCUT2D eigenvalue weighted by Crippen LogP contribution is -2.16. The van der Waals surface area contributed by atoms with E-state index in [4.69, 9.17) is 11.6 Å². The molecular formula is C22H18ClF3N4O2. The summed E-state index contributed by atoms with van der Waals surface area (Å²) in [5.74, 6) is -1.29. The fourth-order valence-corrected chi connectivity index (χ4v) is 3.08. The Morgan fingerprint density at radius 1 is 0.969 bits per heavy atom. The number of halogens is 4. The summed E-state index contributed by atoms with van der Waals surface area (Å²) < 4.78 is 38.7. The number of hydrogen-bond donors (Lipinski definition) is 3. The molecule has 2 amide bonds. The molecule has 0 radical (unpaired) electrons. The van der Waals surface area contributed by atoms with Crippen molar-refractivity contribution in [2.75, 3.05) is 17.7 Å². The number of carbonyl (C=O) groups is 2. The molecule has 0 fully saturated rings. The molecule has 0 aliphatic carbocycles. The highest BCUT2D eigenvalue weighted by Crippen LogP contribution is 2.30. The summed E-state index contributed by atoms with van der Waals surface area (Å²) in [6, 6.07) is 9.98. The summed E-state index contributed by atoms with van der Waals surface area (Å²) in [4.78, 5) is 29.2. The van der Waals surface area contributed by atoms with E-state index < -0.39 is 23.6 Å². The van der Waals surface area contributed by atoms with Crippen LogP contribution in [-0.4, -0.2) is 23.8 Å². The van der Waals surface area contributed by atoms with Gasteiger partial charge in [-0.2, -0.15) is 13.2 Å². The number of nitrogens with zero attached hydrogens (tertiary/aromatic N) is 1. The van der Waals surface area contributed by atoms with Crippen LogP contribution in [0.1, 0.15) is 31.8 Å². The molecule has 32 heavy (non-hydrogen) atoms. The van der Waals surface area contributed by atoms with Crippen LogP contribution in [0.15, 0.2) is 60.9 Å². The van der Waals surface area contributed by atoms with Crippen LogP contribution in [0.3, 0.4) is 0 Å². The zero-order chi connectivity index (χ0) is 23.3. The second kappa shape index (κ2) is 9.80. The van der Waals surface area contributed by atoms with E-state index in [0.717, 1.165) is 23.8 Å². The summed E-state index contributed by atoms with van der Waals surface area (Å²) in [5, 5.41) is 8.28. The van der Waals surface area contributed by atoms with Crippen LogP contribution < -0.4 is 16.0 Å². The van der Waals surface area contributed by atoms with E-state index in [2.05, 4.69) is 20.9 Å². The lowest BCUT2D eigenvalue weighted by atomic mass is 10.1. The van der Waals surface area contributed by atoms with Crippen molar-refractivity contribution in [1.82, 2.24) is 10.3 Å². The maximum absolute atomic E-state index is 12.9. The third-order valence-electron chi connectivity index (χ3n) is 4.35. The largest absolute Gasteiger partial charge is 0.416 e. The molecule has 2 aromatic carbocycles. The lowest BCUT2D eigenvalue weighted by molar-refractivity contribution is -0.137. The summed E-state index contributed by atoms with van der Waals surface area (Å²) >= 11 is 6.14. The van der Waals surface area contributed by atoms with Crippen molar-refractivity contribution in [3.05, 3.63) is 88.2 Å². The maximum atomic E-state index is 12.9. The average Bonchev–Trinajstić information content (AvgIpc) is 2.75. The smallest absolute Gasteiger partial charge is 0.322 e. The van der Waals surface area contributed by atoms with Crippen molar-refractivity contribution in [3.8, 4) is 0 Å². The Balaban J connectivity index is 1.77. The molecule has 0 saturated heterocycles. The number of carbonyl (C=O) groups excluding carboxylic acids is 2. The van der Waals surface area contributed by atoms with Gasteiger partial charge in [0.25, 0.3) is 11.8 Å². The lowest BCUT2D eigenvalue weighted by Gasteiger charge is -2.12. The van der Waals surface area contributed by atoms with Crippen molar-refractivity contribution in [2.24, 2.45) is 0 Å². The summed E-state index contributed by atoms with van der Waals surface area (Å²) in [7, 11) is 1.78. The minimum atomic E-state index is -4.57. The summed E-state index contributed by atoms with van der Waals surface area (Å²) in [5.41, 5.74) is 0.482. The molecule has 0 aliphatic rings. The highest BCUT2D eigenvalue weighted by atomic mass is 35.5. The molecule has 0 unspecified atom stereocenters. The number of benzene rings is 2. The van der Waals surface area contributed by atoms with Gasteiger partial charge in [0.2, 0.25) is 0 Å². The standard InChI is InChI=1S/C22H18ClF3N4O2/c1-27-10-13-7-17(12-28-11-13)30-21(32)18-9-16(5-6-19(18)23)29-20(31)14-3-2-4-15(8-14)22(24,25)26/h2-9,11-12,27H,10H2,1H3,(H,29,31)(H,30,32). The van der Waals surface area contributed by atoms with Gasteiger partial charge in [0, 0.05) is 24.0 Å².